The van der Waals surface area contributed by atoms with Crippen molar-refractivity contribution in [3.8, 4) is 11.4 Å². The highest BCUT2D eigenvalue weighted by atomic mass is 16.5. The minimum absolute atomic E-state index is 0.0525. The normalized spacial score (nSPS) is 15.8. The molecular formula is C16H19N5O3. The van der Waals surface area contributed by atoms with Gasteiger partial charge in [0.1, 0.15) is 12.6 Å². The highest BCUT2D eigenvalue weighted by Gasteiger charge is 2.24. The van der Waals surface area contributed by atoms with E-state index in [1.54, 1.807) is 6.92 Å². The van der Waals surface area contributed by atoms with E-state index in [4.69, 9.17) is 4.52 Å². The van der Waals surface area contributed by atoms with Crippen molar-refractivity contribution < 1.29 is 14.1 Å². The van der Waals surface area contributed by atoms with Gasteiger partial charge in [-0.25, -0.2) is 4.79 Å². The van der Waals surface area contributed by atoms with Crippen LogP contribution in [0.5, 0.6) is 0 Å². The summed E-state index contributed by atoms with van der Waals surface area (Å²) in [6.45, 7) is 4.73. The highest BCUT2D eigenvalue weighted by molar-refractivity contribution is 5.85. The number of nitrogens with one attached hydrogen (secondary N) is 2. The van der Waals surface area contributed by atoms with Crippen LogP contribution in [0.2, 0.25) is 0 Å². The maximum Gasteiger partial charge on any atom is 0.318 e. The molecule has 3 amide bonds. The quantitative estimate of drug-likeness (QED) is 0.882. The fraction of sp³-hybridized carbons (Fsp3) is 0.375. The largest absolute Gasteiger partial charge is 0.353 e. The van der Waals surface area contributed by atoms with Crippen molar-refractivity contribution in [1.82, 2.24) is 25.7 Å². The lowest BCUT2D eigenvalue weighted by molar-refractivity contribution is -0.123. The third-order valence-corrected chi connectivity index (χ3v) is 3.75. The Morgan fingerprint density at radius 3 is 3.04 bits per heavy atom. The maximum atomic E-state index is 12.2. The predicted octanol–water partition coefficient (Wildman–Crippen LogP) is 1.25. The SMILES string of the molecule is Cc1cccc(-c2noc(C(C)NC(=O)N3CCNC(=O)C3)n2)c1. The van der Waals surface area contributed by atoms with Gasteiger partial charge in [0.25, 0.3) is 0 Å². The van der Waals surface area contributed by atoms with E-state index in [-0.39, 0.29) is 18.5 Å². The minimum Gasteiger partial charge on any atom is -0.353 e. The van der Waals surface area contributed by atoms with Gasteiger partial charge in [-0.05, 0) is 19.9 Å². The van der Waals surface area contributed by atoms with Crippen LogP contribution in [0.3, 0.4) is 0 Å². The molecule has 2 heterocycles. The summed E-state index contributed by atoms with van der Waals surface area (Å²) in [6.07, 6.45) is 0. The van der Waals surface area contributed by atoms with Crippen LogP contribution in [0.15, 0.2) is 28.8 Å². The van der Waals surface area contributed by atoms with Crippen molar-refractivity contribution in [1.29, 1.82) is 0 Å². The molecule has 24 heavy (non-hydrogen) atoms. The molecule has 1 unspecified atom stereocenters. The lowest BCUT2D eigenvalue weighted by Gasteiger charge is -2.27. The topological polar surface area (TPSA) is 100 Å². The first-order chi connectivity index (χ1) is 11.5. The number of carbonyl (C=O) groups is 2. The summed E-state index contributed by atoms with van der Waals surface area (Å²) in [7, 11) is 0. The Morgan fingerprint density at radius 1 is 1.46 bits per heavy atom. The van der Waals surface area contributed by atoms with E-state index in [9.17, 15) is 9.59 Å². The van der Waals surface area contributed by atoms with Crippen LogP contribution in [0.25, 0.3) is 11.4 Å². The van der Waals surface area contributed by atoms with Gasteiger partial charge in [-0.3, -0.25) is 4.79 Å². The van der Waals surface area contributed by atoms with Gasteiger partial charge >= 0.3 is 6.03 Å². The summed E-state index contributed by atoms with van der Waals surface area (Å²) in [5.74, 6) is 0.636. The van der Waals surface area contributed by atoms with Crippen LogP contribution in [0, 0.1) is 6.92 Å². The molecule has 1 fully saturated rings. The molecule has 1 saturated heterocycles. The van der Waals surface area contributed by atoms with Crippen molar-refractivity contribution in [3.05, 3.63) is 35.7 Å². The van der Waals surface area contributed by atoms with Crippen molar-refractivity contribution in [2.45, 2.75) is 19.9 Å². The molecule has 1 aliphatic rings. The molecule has 2 aromatic rings. The van der Waals surface area contributed by atoms with Gasteiger partial charge < -0.3 is 20.1 Å². The van der Waals surface area contributed by atoms with E-state index in [1.165, 1.54) is 4.90 Å². The summed E-state index contributed by atoms with van der Waals surface area (Å²) in [4.78, 5) is 29.3. The first-order valence-electron chi connectivity index (χ1n) is 7.76. The first kappa shape index (κ1) is 16.0. The van der Waals surface area contributed by atoms with E-state index in [0.717, 1.165) is 11.1 Å². The summed E-state index contributed by atoms with van der Waals surface area (Å²) >= 11 is 0. The number of hydrogen-bond donors (Lipinski definition) is 2. The number of amides is 3. The average molecular weight is 329 g/mol. The van der Waals surface area contributed by atoms with Crippen LogP contribution in [-0.4, -0.2) is 46.6 Å². The van der Waals surface area contributed by atoms with Crippen LogP contribution >= 0.6 is 0 Å². The molecule has 0 spiro atoms. The van der Waals surface area contributed by atoms with E-state index in [2.05, 4.69) is 20.8 Å². The number of urea groups is 1. The van der Waals surface area contributed by atoms with Gasteiger partial charge in [-0.15, -0.1) is 0 Å². The van der Waals surface area contributed by atoms with Crippen molar-refractivity contribution in [2.75, 3.05) is 19.6 Å². The second-order valence-corrected chi connectivity index (χ2v) is 5.77. The highest BCUT2D eigenvalue weighted by Crippen LogP contribution is 2.19. The van der Waals surface area contributed by atoms with Gasteiger partial charge in [0.15, 0.2) is 0 Å². The lowest BCUT2D eigenvalue weighted by Crippen LogP contribution is -2.53. The fourth-order valence-corrected chi connectivity index (χ4v) is 2.46. The summed E-state index contributed by atoms with van der Waals surface area (Å²) in [5.41, 5.74) is 1.96. The molecular weight excluding hydrogens is 310 g/mol. The number of nitrogens with zero attached hydrogens (tertiary/aromatic N) is 3. The fourth-order valence-electron chi connectivity index (χ4n) is 2.46. The molecule has 0 aliphatic carbocycles. The zero-order valence-electron chi connectivity index (χ0n) is 13.6. The number of piperazine rings is 1. The molecule has 0 saturated carbocycles. The molecule has 0 bridgehead atoms. The van der Waals surface area contributed by atoms with Gasteiger partial charge in [0, 0.05) is 18.7 Å². The molecule has 0 radical (unpaired) electrons. The second-order valence-electron chi connectivity index (χ2n) is 5.77. The number of carbonyl (C=O) groups excluding carboxylic acids is 2. The molecule has 1 atom stereocenters. The monoisotopic (exact) mass is 329 g/mol. The molecule has 126 valence electrons. The van der Waals surface area contributed by atoms with Crippen LogP contribution in [0.1, 0.15) is 24.4 Å². The number of rotatable bonds is 3. The van der Waals surface area contributed by atoms with Gasteiger partial charge in [-0.1, -0.05) is 28.9 Å². The zero-order valence-corrected chi connectivity index (χ0v) is 13.6. The Bertz CT molecular complexity index is 758. The van der Waals surface area contributed by atoms with Crippen molar-refractivity contribution in [3.63, 3.8) is 0 Å². The van der Waals surface area contributed by atoms with Crippen LogP contribution < -0.4 is 10.6 Å². The Morgan fingerprint density at radius 2 is 2.29 bits per heavy atom. The van der Waals surface area contributed by atoms with Crippen molar-refractivity contribution in [2.24, 2.45) is 0 Å². The minimum atomic E-state index is -0.450. The number of benzene rings is 1. The Balaban J connectivity index is 1.66. The van der Waals surface area contributed by atoms with Crippen LogP contribution in [0.4, 0.5) is 4.79 Å². The lowest BCUT2D eigenvalue weighted by atomic mass is 10.1. The molecule has 3 rings (SSSR count). The van der Waals surface area contributed by atoms with Gasteiger partial charge in [0.2, 0.25) is 17.6 Å². The van der Waals surface area contributed by atoms with Crippen molar-refractivity contribution >= 4 is 11.9 Å². The van der Waals surface area contributed by atoms with Gasteiger partial charge in [0.05, 0.1) is 0 Å². The third-order valence-electron chi connectivity index (χ3n) is 3.75. The number of aryl methyl sites for hydroxylation is 1. The zero-order chi connectivity index (χ0) is 17.1. The smallest absolute Gasteiger partial charge is 0.318 e. The van der Waals surface area contributed by atoms with E-state index >= 15 is 0 Å². The number of aromatic nitrogens is 2. The van der Waals surface area contributed by atoms with E-state index in [1.807, 2.05) is 31.2 Å². The molecule has 8 heteroatoms. The predicted molar refractivity (Wildman–Crippen MR) is 86.0 cm³/mol. The first-order valence-corrected chi connectivity index (χ1v) is 7.76. The molecule has 1 aromatic heterocycles. The van der Waals surface area contributed by atoms with Crippen LogP contribution in [-0.2, 0) is 4.79 Å². The maximum absolute atomic E-state index is 12.2. The second kappa shape index (κ2) is 6.69. The number of hydrogen-bond acceptors (Lipinski definition) is 5. The molecule has 2 N–H and O–H groups in total. The van der Waals surface area contributed by atoms with E-state index < -0.39 is 6.04 Å². The molecule has 1 aromatic carbocycles. The van der Waals surface area contributed by atoms with Gasteiger partial charge in [-0.2, -0.15) is 4.98 Å². The summed E-state index contributed by atoms with van der Waals surface area (Å²) in [6, 6.07) is 7.00. The molecule has 8 nitrogen and oxygen atoms in total. The Kier molecular flexibility index (Phi) is 4.45. The standard InChI is InChI=1S/C16H19N5O3/c1-10-4-3-5-12(8-10)14-19-15(24-20-14)11(2)18-16(23)21-7-6-17-13(22)9-21/h3-5,8,11H,6-7,9H2,1-2H3,(H,17,22)(H,18,23). The van der Waals surface area contributed by atoms with E-state index in [0.29, 0.717) is 24.8 Å². The Hall–Kier alpha value is -2.90. The summed E-state index contributed by atoms with van der Waals surface area (Å²) in [5, 5.41) is 9.42. The third kappa shape index (κ3) is 3.53. The molecule has 1 aliphatic heterocycles. The summed E-state index contributed by atoms with van der Waals surface area (Å²) < 4.78 is 5.26. The average Bonchev–Trinajstić information content (AvgIpc) is 3.05. The Labute approximate surface area is 139 Å².